The van der Waals surface area contributed by atoms with E-state index in [9.17, 15) is 4.79 Å². The molecule has 2 rings (SSSR count). The van der Waals surface area contributed by atoms with Gasteiger partial charge in [-0.15, -0.1) is 0 Å². The smallest absolute Gasteiger partial charge is 0.262 e. The third kappa shape index (κ3) is 4.09. The van der Waals surface area contributed by atoms with Gasteiger partial charge in [0.05, 0.1) is 6.21 Å². The van der Waals surface area contributed by atoms with Gasteiger partial charge in [0.2, 0.25) is 0 Å². The Kier molecular flexibility index (Phi) is 5.14. The molecule has 22 heavy (non-hydrogen) atoms. The number of nitrogens with one attached hydrogen (secondary N) is 1. The minimum Gasteiger partial charge on any atom is -0.484 e. The van der Waals surface area contributed by atoms with Gasteiger partial charge in [-0.3, -0.25) is 4.79 Å². The zero-order valence-electron chi connectivity index (χ0n) is 12.5. The van der Waals surface area contributed by atoms with Crippen LogP contribution in [-0.4, -0.2) is 23.9 Å². The van der Waals surface area contributed by atoms with Crippen molar-refractivity contribution in [3.63, 3.8) is 0 Å². The minimum absolute atomic E-state index is 0.0902. The molecule has 1 amide bonds. The van der Waals surface area contributed by atoms with Crippen LogP contribution in [0, 0.1) is 13.8 Å². The van der Waals surface area contributed by atoms with Gasteiger partial charge in [-0.25, -0.2) is 0 Å². The van der Waals surface area contributed by atoms with Gasteiger partial charge >= 0.3 is 0 Å². The fourth-order valence-electron chi connectivity index (χ4n) is 1.97. The second-order valence-electron chi connectivity index (χ2n) is 4.90. The van der Waals surface area contributed by atoms with Crippen molar-refractivity contribution in [2.24, 2.45) is 5.16 Å². The van der Waals surface area contributed by atoms with E-state index in [2.05, 4.69) is 10.5 Å². The highest BCUT2D eigenvalue weighted by Gasteiger charge is 2.07. The number of hydrogen-bond acceptors (Lipinski definition) is 4. The van der Waals surface area contributed by atoms with E-state index in [0.29, 0.717) is 11.3 Å². The van der Waals surface area contributed by atoms with E-state index in [4.69, 9.17) is 9.94 Å². The van der Waals surface area contributed by atoms with Crippen LogP contribution in [0.3, 0.4) is 0 Å². The van der Waals surface area contributed by atoms with Gasteiger partial charge < -0.3 is 15.3 Å². The summed E-state index contributed by atoms with van der Waals surface area (Å²) in [5.74, 6) is 0.309. The second-order valence-corrected chi connectivity index (χ2v) is 4.90. The van der Waals surface area contributed by atoms with Gasteiger partial charge in [0.15, 0.2) is 6.61 Å². The number of aryl methyl sites for hydroxylation is 1. The van der Waals surface area contributed by atoms with Crippen LogP contribution in [0.1, 0.15) is 16.7 Å². The van der Waals surface area contributed by atoms with E-state index in [1.165, 1.54) is 6.21 Å². The van der Waals surface area contributed by atoms with E-state index >= 15 is 0 Å². The lowest BCUT2D eigenvalue weighted by molar-refractivity contribution is -0.118. The Labute approximate surface area is 129 Å². The quantitative estimate of drug-likeness (QED) is 0.506. The molecule has 0 saturated heterocycles. The summed E-state index contributed by atoms with van der Waals surface area (Å²) in [5, 5.41) is 14.3. The SMILES string of the molecule is Cc1cccc(NC(=O)COc2cccc(C=NO)c2)c1C. The average molecular weight is 298 g/mol. The molecule has 0 aliphatic rings. The maximum Gasteiger partial charge on any atom is 0.262 e. The third-order valence-corrected chi connectivity index (χ3v) is 3.31. The molecule has 5 nitrogen and oxygen atoms in total. The van der Waals surface area contributed by atoms with Gasteiger partial charge in [0.25, 0.3) is 5.91 Å². The first-order valence-corrected chi connectivity index (χ1v) is 6.86. The van der Waals surface area contributed by atoms with Gasteiger partial charge in [0, 0.05) is 5.69 Å². The molecule has 0 bridgehead atoms. The number of carbonyl (C=O) groups excluding carboxylic acids is 1. The zero-order chi connectivity index (χ0) is 15.9. The molecule has 0 heterocycles. The summed E-state index contributed by atoms with van der Waals surface area (Å²) in [6, 6.07) is 12.7. The van der Waals surface area contributed by atoms with Crippen molar-refractivity contribution in [2.75, 3.05) is 11.9 Å². The molecule has 2 aromatic carbocycles. The monoisotopic (exact) mass is 298 g/mol. The van der Waals surface area contributed by atoms with Crippen molar-refractivity contribution in [3.8, 4) is 5.75 Å². The third-order valence-electron chi connectivity index (χ3n) is 3.31. The highest BCUT2D eigenvalue weighted by molar-refractivity contribution is 5.92. The molecule has 2 N–H and O–H groups in total. The summed E-state index contributed by atoms with van der Waals surface area (Å²) in [6.07, 6.45) is 1.29. The first kappa shape index (κ1) is 15.6. The van der Waals surface area contributed by atoms with Crippen molar-refractivity contribution < 1.29 is 14.7 Å². The molecule has 0 saturated carbocycles. The topological polar surface area (TPSA) is 70.9 Å². The number of amides is 1. The van der Waals surface area contributed by atoms with Crippen LogP contribution in [0.15, 0.2) is 47.6 Å². The molecular weight excluding hydrogens is 280 g/mol. The summed E-state index contributed by atoms with van der Waals surface area (Å²) < 4.78 is 5.44. The van der Waals surface area contributed by atoms with Gasteiger partial charge in [-0.2, -0.15) is 0 Å². The number of anilines is 1. The van der Waals surface area contributed by atoms with Crippen LogP contribution in [-0.2, 0) is 4.79 Å². The fourth-order valence-corrected chi connectivity index (χ4v) is 1.97. The van der Waals surface area contributed by atoms with Crippen LogP contribution < -0.4 is 10.1 Å². The fraction of sp³-hybridized carbons (Fsp3) is 0.176. The van der Waals surface area contributed by atoms with Crippen molar-refractivity contribution in [2.45, 2.75) is 13.8 Å². The van der Waals surface area contributed by atoms with Crippen LogP contribution in [0.5, 0.6) is 5.75 Å². The van der Waals surface area contributed by atoms with E-state index in [1.807, 2.05) is 32.0 Å². The van der Waals surface area contributed by atoms with E-state index < -0.39 is 0 Å². The maximum absolute atomic E-state index is 12.0. The number of rotatable bonds is 5. The Morgan fingerprint density at radius 1 is 1.27 bits per heavy atom. The maximum atomic E-state index is 12.0. The van der Waals surface area contributed by atoms with E-state index in [-0.39, 0.29) is 12.5 Å². The number of nitrogens with zero attached hydrogens (tertiary/aromatic N) is 1. The summed E-state index contributed by atoms with van der Waals surface area (Å²) in [6.45, 7) is 3.87. The largest absolute Gasteiger partial charge is 0.484 e. The number of hydrogen-bond donors (Lipinski definition) is 2. The Hall–Kier alpha value is -2.82. The summed E-state index contributed by atoms with van der Waals surface area (Å²) in [4.78, 5) is 12.0. The van der Waals surface area contributed by atoms with Gasteiger partial charge in [-0.1, -0.05) is 29.4 Å². The van der Waals surface area contributed by atoms with Crippen LogP contribution in [0.2, 0.25) is 0 Å². The molecule has 0 fully saturated rings. The number of benzene rings is 2. The van der Waals surface area contributed by atoms with Crippen LogP contribution in [0.4, 0.5) is 5.69 Å². The van der Waals surface area contributed by atoms with Gasteiger partial charge in [0.1, 0.15) is 5.75 Å². The molecule has 2 aromatic rings. The zero-order valence-corrected chi connectivity index (χ0v) is 12.5. The van der Waals surface area contributed by atoms with E-state index in [1.54, 1.807) is 24.3 Å². The highest BCUT2D eigenvalue weighted by Crippen LogP contribution is 2.18. The predicted octanol–water partition coefficient (Wildman–Crippen LogP) is 3.13. The number of carbonyl (C=O) groups is 1. The summed E-state index contributed by atoms with van der Waals surface area (Å²) in [7, 11) is 0. The Morgan fingerprint density at radius 2 is 2.05 bits per heavy atom. The molecule has 0 radical (unpaired) electrons. The molecule has 0 unspecified atom stereocenters. The molecule has 5 heteroatoms. The van der Waals surface area contributed by atoms with Crippen LogP contribution in [0.25, 0.3) is 0 Å². The first-order chi connectivity index (χ1) is 10.6. The van der Waals surface area contributed by atoms with E-state index in [0.717, 1.165) is 16.8 Å². The highest BCUT2D eigenvalue weighted by atomic mass is 16.5. The second kappa shape index (κ2) is 7.26. The molecule has 0 aromatic heterocycles. The summed E-state index contributed by atoms with van der Waals surface area (Å²) >= 11 is 0. The molecule has 0 spiro atoms. The first-order valence-electron chi connectivity index (χ1n) is 6.86. The summed E-state index contributed by atoms with van der Waals surface area (Å²) in [5.41, 5.74) is 3.64. The van der Waals surface area contributed by atoms with Crippen molar-refractivity contribution in [3.05, 3.63) is 59.2 Å². The number of oxime groups is 1. The normalized spacial score (nSPS) is 10.6. The standard InChI is InChI=1S/C17H18N2O3/c1-12-5-3-8-16(13(12)2)19-17(20)11-22-15-7-4-6-14(9-15)10-18-21/h3-10,21H,11H2,1-2H3,(H,19,20). The Balaban J connectivity index is 1.95. The molecule has 0 aliphatic carbocycles. The average Bonchev–Trinajstić information content (AvgIpc) is 2.51. The molecular formula is C17H18N2O3. The Morgan fingerprint density at radius 3 is 2.82 bits per heavy atom. The van der Waals surface area contributed by atoms with Crippen molar-refractivity contribution >= 4 is 17.8 Å². The molecule has 0 atom stereocenters. The minimum atomic E-state index is -0.227. The number of ether oxygens (including phenoxy) is 1. The van der Waals surface area contributed by atoms with Crippen LogP contribution >= 0.6 is 0 Å². The van der Waals surface area contributed by atoms with Gasteiger partial charge in [-0.05, 0) is 48.7 Å². The van der Waals surface area contributed by atoms with Crippen molar-refractivity contribution in [1.82, 2.24) is 0 Å². The lowest BCUT2D eigenvalue weighted by atomic mass is 10.1. The predicted molar refractivity (Wildman–Crippen MR) is 85.9 cm³/mol. The lowest BCUT2D eigenvalue weighted by Gasteiger charge is -2.11. The van der Waals surface area contributed by atoms with Crippen molar-refractivity contribution in [1.29, 1.82) is 0 Å². The molecule has 0 aliphatic heterocycles. The Bertz CT molecular complexity index is 696. The lowest BCUT2D eigenvalue weighted by Crippen LogP contribution is -2.20. The molecule has 114 valence electrons.